The number of amides is 1. The molecule has 0 radical (unpaired) electrons. The fraction of sp³-hybridized carbons (Fsp3) is 0.357. The van der Waals surface area contributed by atoms with E-state index >= 15 is 0 Å². The first-order chi connectivity index (χ1) is 9.70. The van der Waals surface area contributed by atoms with Crippen LogP contribution < -0.4 is 5.32 Å². The molecular weight excluding hydrogens is 274 g/mol. The Hall–Kier alpha value is -1.79. The predicted molar refractivity (Wildman–Crippen MR) is 78.7 cm³/mol. The van der Waals surface area contributed by atoms with E-state index in [9.17, 15) is 4.79 Å². The number of hydrogen-bond acceptors (Lipinski definition) is 5. The molecule has 0 atom stereocenters. The van der Waals surface area contributed by atoms with Gasteiger partial charge in [0.15, 0.2) is 0 Å². The molecule has 1 amide bonds. The summed E-state index contributed by atoms with van der Waals surface area (Å²) in [6.07, 6.45) is 3.86. The van der Waals surface area contributed by atoms with Crippen molar-refractivity contribution in [3.05, 3.63) is 35.1 Å². The number of rotatable bonds is 6. The van der Waals surface area contributed by atoms with Gasteiger partial charge in [-0.25, -0.2) is 4.98 Å². The third-order valence-electron chi connectivity index (χ3n) is 2.75. The van der Waals surface area contributed by atoms with E-state index in [4.69, 9.17) is 4.74 Å². The van der Waals surface area contributed by atoms with Gasteiger partial charge in [-0.2, -0.15) is 0 Å². The van der Waals surface area contributed by atoms with E-state index in [1.165, 1.54) is 11.3 Å². The first kappa shape index (κ1) is 14.6. The van der Waals surface area contributed by atoms with Crippen LogP contribution in [0.3, 0.4) is 0 Å². The Bertz CT molecular complexity index is 569. The number of aryl methyl sites for hydroxylation is 1. The molecule has 0 fully saturated rings. The summed E-state index contributed by atoms with van der Waals surface area (Å²) >= 11 is 1.54. The minimum atomic E-state index is -0.00784. The third kappa shape index (κ3) is 3.85. The maximum Gasteiger partial charge on any atom is 0.225 e. The molecule has 20 heavy (non-hydrogen) atoms. The van der Waals surface area contributed by atoms with E-state index in [1.54, 1.807) is 19.5 Å². The van der Waals surface area contributed by atoms with Gasteiger partial charge >= 0.3 is 0 Å². The molecule has 2 aromatic heterocycles. The molecule has 0 aliphatic rings. The van der Waals surface area contributed by atoms with Crippen LogP contribution in [-0.2, 0) is 16.0 Å². The lowest BCUT2D eigenvalue weighted by atomic mass is 10.3. The summed E-state index contributed by atoms with van der Waals surface area (Å²) in [7, 11) is 1.61. The maximum atomic E-state index is 11.8. The Kier molecular flexibility index (Phi) is 5.20. The molecule has 0 unspecified atom stereocenters. The van der Waals surface area contributed by atoms with Crippen LogP contribution in [0.15, 0.2) is 24.5 Å². The standard InChI is InChI=1S/C14H17N3O2S/c1-10-12(8-13(18)16-6-7-19-2)20-14(17-10)11-4-3-5-15-9-11/h3-5,9H,6-8H2,1-2H3,(H,16,18). The second-order valence-corrected chi connectivity index (χ2v) is 5.37. The Balaban J connectivity index is 2.03. The number of thiazole rings is 1. The summed E-state index contributed by atoms with van der Waals surface area (Å²) in [6.45, 7) is 2.98. The molecule has 0 saturated heterocycles. The van der Waals surface area contributed by atoms with E-state index in [1.807, 2.05) is 19.1 Å². The second kappa shape index (κ2) is 7.12. The number of carbonyl (C=O) groups is 1. The largest absolute Gasteiger partial charge is 0.383 e. The van der Waals surface area contributed by atoms with Crippen molar-refractivity contribution in [3.63, 3.8) is 0 Å². The zero-order valence-corrected chi connectivity index (χ0v) is 12.4. The number of carbonyl (C=O) groups excluding carboxylic acids is 1. The Morgan fingerprint density at radius 3 is 3.05 bits per heavy atom. The summed E-state index contributed by atoms with van der Waals surface area (Å²) in [4.78, 5) is 21.4. The van der Waals surface area contributed by atoms with Gasteiger partial charge in [0, 0.05) is 36.5 Å². The first-order valence-electron chi connectivity index (χ1n) is 6.33. The number of aromatic nitrogens is 2. The fourth-order valence-electron chi connectivity index (χ4n) is 1.71. The molecule has 0 aliphatic heterocycles. The molecule has 0 aliphatic carbocycles. The molecule has 0 saturated carbocycles. The van der Waals surface area contributed by atoms with Crippen molar-refractivity contribution >= 4 is 17.2 Å². The topological polar surface area (TPSA) is 64.1 Å². The average Bonchev–Trinajstić information content (AvgIpc) is 2.81. The summed E-state index contributed by atoms with van der Waals surface area (Å²) in [5.41, 5.74) is 1.88. The molecule has 2 rings (SSSR count). The molecular formula is C14H17N3O2S. The summed E-state index contributed by atoms with van der Waals surface area (Å²) < 4.78 is 4.90. The van der Waals surface area contributed by atoms with Crippen molar-refractivity contribution in [2.24, 2.45) is 0 Å². The van der Waals surface area contributed by atoms with Gasteiger partial charge in [-0.1, -0.05) is 0 Å². The zero-order valence-electron chi connectivity index (χ0n) is 11.5. The number of nitrogens with one attached hydrogen (secondary N) is 1. The predicted octanol–water partition coefficient (Wildman–Crippen LogP) is 1.82. The molecule has 0 spiro atoms. The highest BCUT2D eigenvalue weighted by atomic mass is 32.1. The number of ether oxygens (including phenoxy) is 1. The zero-order chi connectivity index (χ0) is 14.4. The SMILES string of the molecule is COCCNC(=O)Cc1sc(-c2cccnc2)nc1C. The van der Waals surface area contributed by atoms with Gasteiger partial charge in [0.25, 0.3) is 0 Å². The molecule has 106 valence electrons. The van der Waals surface area contributed by atoms with Gasteiger partial charge in [0.05, 0.1) is 18.7 Å². The quantitative estimate of drug-likeness (QED) is 0.825. The van der Waals surface area contributed by atoms with E-state index < -0.39 is 0 Å². The highest BCUT2D eigenvalue weighted by molar-refractivity contribution is 7.15. The average molecular weight is 291 g/mol. The number of methoxy groups -OCH3 is 1. The molecule has 6 heteroatoms. The highest BCUT2D eigenvalue weighted by Gasteiger charge is 2.12. The van der Waals surface area contributed by atoms with E-state index in [0.29, 0.717) is 19.6 Å². The summed E-state index contributed by atoms with van der Waals surface area (Å²) in [5.74, 6) is -0.00784. The molecule has 1 N–H and O–H groups in total. The van der Waals surface area contributed by atoms with Gasteiger partial charge in [0.2, 0.25) is 5.91 Å². The molecule has 2 aromatic rings. The van der Waals surface area contributed by atoms with Crippen LogP contribution in [0.4, 0.5) is 0 Å². The van der Waals surface area contributed by atoms with Crippen LogP contribution in [0.2, 0.25) is 0 Å². The normalized spacial score (nSPS) is 10.5. The Morgan fingerprint density at radius 1 is 1.50 bits per heavy atom. The lowest BCUT2D eigenvalue weighted by Crippen LogP contribution is -2.28. The number of pyridine rings is 1. The van der Waals surface area contributed by atoms with Crippen molar-refractivity contribution in [2.75, 3.05) is 20.3 Å². The van der Waals surface area contributed by atoms with Gasteiger partial charge in [-0.05, 0) is 19.1 Å². The van der Waals surface area contributed by atoms with E-state index in [2.05, 4.69) is 15.3 Å². The molecule has 0 aromatic carbocycles. The minimum absolute atomic E-state index is 0.00784. The van der Waals surface area contributed by atoms with Gasteiger partial charge in [-0.3, -0.25) is 9.78 Å². The first-order valence-corrected chi connectivity index (χ1v) is 7.14. The van der Waals surface area contributed by atoms with Crippen LogP contribution in [0.25, 0.3) is 10.6 Å². The van der Waals surface area contributed by atoms with E-state index in [0.717, 1.165) is 21.1 Å². The van der Waals surface area contributed by atoms with Crippen LogP contribution in [0.5, 0.6) is 0 Å². The highest BCUT2D eigenvalue weighted by Crippen LogP contribution is 2.27. The minimum Gasteiger partial charge on any atom is -0.383 e. The molecule has 5 nitrogen and oxygen atoms in total. The van der Waals surface area contributed by atoms with Crippen LogP contribution in [0.1, 0.15) is 10.6 Å². The van der Waals surface area contributed by atoms with Crippen LogP contribution in [0, 0.1) is 6.92 Å². The fourth-order valence-corrected chi connectivity index (χ4v) is 2.76. The Labute approximate surface area is 122 Å². The summed E-state index contributed by atoms with van der Waals surface area (Å²) in [5, 5.41) is 3.71. The number of nitrogens with zero attached hydrogens (tertiary/aromatic N) is 2. The maximum absolute atomic E-state index is 11.8. The van der Waals surface area contributed by atoms with Gasteiger partial charge in [0.1, 0.15) is 5.01 Å². The summed E-state index contributed by atoms with van der Waals surface area (Å²) in [6, 6.07) is 3.84. The lowest BCUT2D eigenvalue weighted by molar-refractivity contribution is -0.120. The third-order valence-corrected chi connectivity index (χ3v) is 3.96. The molecule has 2 heterocycles. The van der Waals surface area contributed by atoms with Crippen LogP contribution >= 0.6 is 11.3 Å². The Morgan fingerprint density at radius 2 is 2.35 bits per heavy atom. The van der Waals surface area contributed by atoms with Crippen molar-refractivity contribution < 1.29 is 9.53 Å². The van der Waals surface area contributed by atoms with E-state index in [-0.39, 0.29) is 5.91 Å². The molecule has 0 bridgehead atoms. The van der Waals surface area contributed by atoms with Crippen molar-refractivity contribution in [2.45, 2.75) is 13.3 Å². The van der Waals surface area contributed by atoms with Gasteiger partial charge in [-0.15, -0.1) is 11.3 Å². The van der Waals surface area contributed by atoms with Crippen molar-refractivity contribution in [1.82, 2.24) is 15.3 Å². The lowest BCUT2D eigenvalue weighted by Gasteiger charge is -2.03. The second-order valence-electron chi connectivity index (χ2n) is 4.29. The van der Waals surface area contributed by atoms with Crippen molar-refractivity contribution in [1.29, 1.82) is 0 Å². The van der Waals surface area contributed by atoms with Crippen LogP contribution in [-0.4, -0.2) is 36.1 Å². The smallest absolute Gasteiger partial charge is 0.225 e. The monoisotopic (exact) mass is 291 g/mol. The van der Waals surface area contributed by atoms with Gasteiger partial charge < -0.3 is 10.1 Å². The van der Waals surface area contributed by atoms with Crippen molar-refractivity contribution in [3.8, 4) is 10.6 Å². The number of hydrogen-bond donors (Lipinski definition) is 1.